The predicted octanol–water partition coefficient (Wildman–Crippen LogP) is 3.71. The lowest BCUT2D eigenvalue weighted by Crippen LogP contribution is -1.95. The zero-order chi connectivity index (χ0) is 16.1. The van der Waals surface area contributed by atoms with Gasteiger partial charge in [-0.1, -0.05) is 47.1 Å². The Bertz CT molecular complexity index is 790. The summed E-state index contributed by atoms with van der Waals surface area (Å²) in [6.45, 7) is 2.62. The smallest absolute Gasteiger partial charge is 0.313 e. The quantitative estimate of drug-likeness (QED) is 0.777. The lowest BCUT2D eigenvalue weighted by molar-refractivity contribution is 0.306. The summed E-state index contributed by atoms with van der Waals surface area (Å²) in [6.07, 6.45) is 3.59. The van der Waals surface area contributed by atoms with Crippen LogP contribution in [0.25, 0.3) is 12.2 Å². The van der Waals surface area contributed by atoms with Crippen molar-refractivity contribution in [3.63, 3.8) is 0 Å². The van der Waals surface area contributed by atoms with Crippen LogP contribution in [-0.2, 0) is 6.61 Å². The van der Waals surface area contributed by atoms with Gasteiger partial charge in [-0.3, -0.25) is 0 Å². The molecule has 0 fully saturated rings. The lowest BCUT2D eigenvalue weighted by Gasteiger charge is -2.06. The fourth-order valence-corrected chi connectivity index (χ4v) is 2.01. The van der Waals surface area contributed by atoms with Gasteiger partial charge in [0.1, 0.15) is 12.4 Å². The van der Waals surface area contributed by atoms with Crippen molar-refractivity contribution >= 4 is 18.2 Å². The van der Waals surface area contributed by atoms with E-state index in [2.05, 4.69) is 41.4 Å². The fourth-order valence-electron chi connectivity index (χ4n) is 2.01. The minimum absolute atomic E-state index is 0.0597. The van der Waals surface area contributed by atoms with Gasteiger partial charge >= 0.3 is 6.01 Å². The molecule has 0 radical (unpaired) electrons. The first-order chi connectivity index (χ1) is 11.2. The number of nitrogens with two attached hydrogens (primary N) is 1. The Balaban J connectivity index is 1.58. The highest BCUT2D eigenvalue weighted by Gasteiger charge is 1.98. The Kier molecular flexibility index (Phi) is 4.38. The monoisotopic (exact) mass is 307 g/mol. The van der Waals surface area contributed by atoms with Crippen LogP contribution in [0, 0.1) is 6.92 Å². The predicted molar refractivity (Wildman–Crippen MR) is 89.6 cm³/mol. The van der Waals surface area contributed by atoms with E-state index in [4.69, 9.17) is 14.9 Å². The van der Waals surface area contributed by atoms with Crippen LogP contribution in [0.3, 0.4) is 0 Å². The molecule has 0 unspecified atom stereocenters. The number of hydrogen-bond acceptors (Lipinski definition) is 5. The molecule has 2 N–H and O–H groups in total. The minimum atomic E-state index is 0.0597. The van der Waals surface area contributed by atoms with E-state index < -0.39 is 0 Å². The molecule has 0 aliphatic rings. The summed E-state index contributed by atoms with van der Waals surface area (Å²) >= 11 is 0. The van der Waals surface area contributed by atoms with Crippen LogP contribution in [0.5, 0.6) is 5.75 Å². The van der Waals surface area contributed by atoms with Crippen LogP contribution in [0.15, 0.2) is 52.9 Å². The summed E-state index contributed by atoms with van der Waals surface area (Å²) in [5, 5.41) is 7.36. The van der Waals surface area contributed by atoms with E-state index in [9.17, 15) is 0 Å². The number of aromatic nitrogens is 2. The third-order valence-electron chi connectivity index (χ3n) is 3.28. The molecule has 5 heteroatoms. The van der Waals surface area contributed by atoms with E-state index in [0.717, 1.165) is 16.9 Å². The molecule has 5 nitrogen and oxygen atoms in total. The Labute approximate surface area is 134 Å². The van der Waals surface area contributed by atoms with Gasteiger partial charge in [0.25, 0.3) is 0 Å². The van der Waals surface area contributed by atoms with Crippen LogP contribution < -0.4 is 10.5 Å². The molecular weight excluding hydrogens is 290 g/mol. The van der Waals surface area contributed by atoms with Crippen LogP contribution in [0.4, 0.5) is 6.01 Å². The molecular formula is C18H17N3O2. The number of ether oxygens (including phenoxy) is 1. The molecule has 3 rings (SSSR count). The van der Waals surface area contributed by atoms with E-state index in [1.807, 2.05) is 30.3 Å². The molecule has 0 atom stereocenters. The maximum Gasteiger partial charge on any atom is 0.313 e. The van der Waals surface area contributed by atoms with E-state index in [1.54, 1.807) is 6.08 Å². The number of hydrogen-bond donors (Lipinski definition) is 1. The van der Waals surface area contributed by atoms with Crippen molar-refractivity contribution in [1.82, 2.24) is 10.2 Å². The Hall–Kier alpha value is -3.08. The largest absolute Gasteiger partial charge is 0.489 e. The first-order valence-electron chi connectivity index (χ1n) is 7.24. The molecule has 0 saturated carbocycles. The normalized spacial score (nSPS) is 11.0. The average molecular weight is 307 g/mol. The highest BCUT2D eigenvalue weighted by Crippen LogP contribution is 2.16. The molecule has 0 spiro atoms. The Morgan fingerprint density at radius 3 is 2.39 bits per heavy atom. The molecule has 23 heavy (non-hydrogen) atoms. The summed E-state index contributed by atoms with van der Waals surface area (Å²) < 4.78 is 10.8. The van der Waals surface area contributed by atoms with Gasteiger partial charge in [0, 0.05) is 6.08 Å². The summed E-state index contributed by atoms with van der Waals surface area (Å²) in [4.78, 5) is 0. The number of nitrogens with zero attached hydrogens (tertiary/aromatic N) is 2. The number of rotatable bonds is 5. The van der Waals surface area contributed by atoms with E-state index >= 15 is 0 Å². The van der Waals surface area contributed by atoms with Crippen molar-refractivity contribution in [2.75, 3.05) is 5.73 Å². The fraction of sp³-hybridized carbons (Fsp3) is 0.111. The van der Waals surface area contributed by atoms with Crippen molar-refractivity contribution < 1.29 is 9.15 Å². The van der Waals surface area contributed by atoms with Crippen LogP contribution in [-0.4, -0.2) is 10.2 Å². The van der Waals surface area contributed by atoms with Gasteiger partial charge in [-0.15, -0.1) is 5.10 Å². The van der Waals surface area contributed by atoms with Crippen LogP contribution >= 0.6 is 0 Å². The van der Waals surface area contributed by atoms with Crippen molar-refractivity contribution in [3.05, 3.63) is 71.1 Å². The molecule has 2 aromatic carbocycles. The molecule has 1 heterocycles. The van der Waals surface area contributed by atoms with Gasteiger partial charge in [0.2, 0.25) is 5.89 Å². The van der Waals surface area contributed by atoms with E-state index in [0.29, 0.717) is 12.5 Å². The third kappa shape index (κ3) is 4.20. The zero-order valence-electron chi connectivity index (χ0n) is 12.8. The second-order valence-corrected chi connectivity index (χ2v) is 5.16. The van der Waals surface area contributed by atoms with Crippen molar-refractivity contribution in [3.8, 4) is 5.75 Å². The van der Waals surface area contributed by atoms with Crippen molar-refractivity contribution in [2.24, 2.45) is 0 Å². The summed E-state index contributed by atoms with van der Waals surface area (Å²) in [6, 6.07) is 16.1. The van der Waals surface area contributed by atoms with Crippen molar-refractivity contribution in [1.29, 1.82) is 0 Å². The van der Waals surface area contributed by atoms with Crippen LogP contribution in [0.1, 0.15) is 22.6 Å². The number of benzene rings is 2. The standard InChI is InChI=1S/C18H17N3O2/c1-13-2-4-15(5-3-13)12-22-16-9-6-14(7-10-16)8-11-17-20-21-18(19)23-17/h2-11H,12H2,1H3,(H2,19,21)/b11-8+. The summed E-state index contributed by atoms with van der Waals surface area (Å²) in [7, 11) is 0. The summed E-state index contributed by atoms with van der Waals surface area (Å²) in [5.41, 5.74) is 8.76. The van der Waals surface area contributed by atoms with Gasteiger partial charge in [0.15, 0.2) is 0 Å². The maximum atomic E-state index is 5.77. The number of nitrogen functional groups attached to an aromatic ring is 1. The highest BCUT2D eigenvalue weighted by molar-refractivity contribution is 5.66. The molecule has 1 aromatic heterocycles. The molecule has 3 aromatic rings. The molecule has 0 saturated heterocycles. The Morgan fingerprint density at radius 2 is 1.74 bits per heavy atom. The highest BCUT2D eigenvalue weighted by atomic mass is 16.5. The third-order valence-corrected chi connectivity index (χ3v) is 3.28. The topological polar surface area (TPSA) is 74.2 Å². The SMILES string of the molecule is Cc1ccc(COc2ccc(/C=C/c3nnc(N)o3)cc2)cc1. The molecule has 116 valence electrons. The summed E-state index contributed by atoms with van der Waals surface area (Å²) in [5.74, 6) is 1.20. The second kappa shape index (κ2) is 6.79. The molecule has 0 bridgehead atoms. The minimum Gasteiger partial charge on any atom is -0.489 e. The molecule has 0 amide bonds. The number of aryl methyl sites for hydroxylation is 1. The van der Waals surface area contributed by atoms with E-state index in [-0.39, 0.29) is 6.01 Å². The van der Waals surface area contributed by atoms with Gasteiger partial charge in [-0.2, -0.15) is 0 Å². The van der Waals surface area contributed by atoms with Gasteiger partial charge in [0.05, 0.1) is 0 Å². The lowest BCUT2D eigenvalue weighted by atomic mass is 10.2. The first-order valence-corrected chi connectivity index (χ1v) is 7.24. The van der Waals surface area contributed by atoms with Crippen LogP contribution in [0.2, 0.25) is 0 Å². The van der Waals surface area contributed by atoms with Gasteiger partial charge in [-0.25, -0.2) is 0 Å². The second-order valence-electron chi connectivity index (χ2n) is 5.16. The number of anilines is 1. The van der Waals surface area contributed by atoms with Crippen molar-refractivity contribution in [2.45, 2.75) is 13.5 Å². The molecule has 0 aliphatic heterocycles. The molecule has 0 aliphatic carbocycles. The first kappa shape index (κ1) is 14.8. The van der Waals surface area contributed by atoms with E-state index in [1.165, 1.54) is 5.56 Å². The average Bonchev–Trinajstić information content (AvgIpc) is 2.99. The van der Waals surface area contributed by atoms with Gasteiger partial charge in [-0.05, 0) is 36.3 Å². The van der Waals surface area contributed by atoms with Gasteiger partial charge < -0.3 is 14.9 Å². The zero-order valence-corrected chi connectivity index (χ0v) is 12.8. The maximum absolute atomic E-state index is 5.77. The Morgan fingerprint density at radius 1 is 1.00 bits per heavy atom.